The van der Waals surface area contributed by atoms with Crippen molar-refractivity contribution in [1.82, 2.24) is 9.97 Å². The van der Waals surface area contributed by atoms with Gasteiger partial charge >= 0.3 is 0 Å². The minimum Gasteiger partial charge on any atom is -0.377 e. The lowest BCUT2D eigenvalue weighted by Gasteiger charge is -1.93. The standard InChI is InChI=1S/C6H8N2O.C2H6/c1-9-5-6-7-3-2-4-8-6;1-2/h2-4H,5H2,1H3;1-2H3. The highest BCUT2D eigenvalue weighted by molar-refractivity contribution is 4.85. The van der Waals surface area contributed by atoms with Crippen molar-refractivity contribution >= 4 is 0 Å². The van der Waals surface area contributed by atoms with Crippen LogP contribution in [0.15, 0.2) is 18.5 Å². The van der Waals surface area contributed by atoms with Crippen LogP contribution in [0.2, 0.25) is 0 Å². The van der Waals surface area contributed by atoms with Crippen molar-refractivity contribution in [2.24, 2.45) is 0 Å². The molecular formula is C8H14N2O. The van der Waals surface area contributed by atoms with Crippen LogP contribution in [0.1, 0.15) is 19.7 Å². The Morgan fingerprint density at radius 2 is 1.82 bits per heavy atom. The lowest BCUT2D eigenvalue weighted by molar-refractivity contribution is 0.177. The molecule has 0 saturated heterocycles. The zero-order valence-corrected chi connectivity index (χ0v) is 7.24. The first kappa shape index (κ1) is 10.0. The highest BCUT2D eigenvalue weighted by Gasteiger charge is 1.88. The molecule has 0 bridgehead atoms. The average molecular weight is 154 g/mol. The molecule has 0 unspecified atom stereocenters. The summed E-state index contributed by atoms with van der Waals surface area (Å²) in [5.41, 5.74) is 0. The second-order valence-electron chi connectivity index (χ2n) is 1.60. The lowest BCUT2D eigenvalue weighted by Crippen LogP contribution is -1.93. The normalized spacial score (nSPS) is 8.27. The molecule has 1 aromatic heterocycles. The van der Waals surface area contributed by atoms with E-state index in [1.807, 2.05) is 13.8 Å². The van der Waals surface area contributed by atoms with Gasteiger partial charge in [-0.3, -0.25) is 0 Å². The van der Waals surface area contributed by atoms with Crippen molar-refractivity contribution in [3.8, 4) is 0 Å². The summed E-state index contributed by atoms with van der Waals surface area (Å²) < 4.78 is 4.80. The van der Waals surface area contributed by atoms with E-state index < -0.39 is 0 Å². The minimum atomic E-state index is 0.487. The molecule has 62 valence electrons. The fourth-order valence-electron chi connectivity index (χ4n) is 0.534. The van der Waals surface area contributed by atoms with Gasteiger partial charge in [0.2, 0.25) is 0 Å². The summed E-state index contributed by atoms with van der Waals surface area (Å²) in [6.45, 7) is 4.49. The third-order valence-corrected chi connectivity index (χ3v) is 0.893. The summed E-state index contributed by atoms with van der Waals surface area (Å²) >= 11 is 0. The van der Waals surface area contributed by atoms with Crippen LogP contribution in [0.3, 0.4) is 0 Å². The van der Waals surface area contributed by atoms with Crippen LogP contribution in [-0.4, -0.2) is 17.1 Å². The number of ether oxygens (including phenoxy) is 1. The lowest BCUT2D eigenvalue weighted by atomic mass is 10.6. The Kier molecular flexibility index (Phi) is 6.53. The van der Waals surface area contributed by atoms with Crippen LogP contribution in [0.5, 0.6) is 0 Å². The molecule has 1 rings (SSSR count). The fraction of sp³-hybridized carbons (Fsp3) is 0.500. The van der Waals surface area contributed by atoms with Crippen molar-refractivity contribution in [2.45, 2.75) is 20.5 Å². The Morgan fingerprint density at radius 3 is 2.27 bits per heavy atom. The second kappa shape index (κ2) is 7.15. The van der Waals surface area contributed by atoms with Gasteiger partial charge < -0.3 is 4.74 Å². The van der Waals surface area contributed by atoms with Gasteiger partial charge in [0, 0.05) is 19.5 Å². The van der Waals surface area contributed by atoms with E-state index in [2.05, 4.69) is 9.97 Å². The number of rotatable bonds is 2. The van der Waals surface area contributed by atoms with Crippen LogP contribution in [0.25, 0.3) is 0 Å². The topological polar surface area (TPSA) is 35.0 Å². The predicted octanol–water partition coefficient (Wildman–Crippen LogP) is 1.65. The Hall–Kier alpha value is -0.960. The summed E-state index contributed by atoms with van der Waals surface area (Å²) in [6.07, 6.45) is 3.39. The molecule has 0 saturated carbocycles. The third kappa shape index (κ3) is 4.44. The molecule has 0 amide bonds. The van der Waals surface area contributed by atoms with Gasteiger partial charge in [0.15, 0.2) is 5.82 Å². The number of hydrogen-bond donors (Lipinski definition) is 0. The molecule has 0 aliphatic rings. The Labute approximate surface area is 67.4 Å². The highest BCUT2D eigenvalue weighted by atomic mass is 16.5. The monoisotopic (exact) mass is 154 g/mol. The molecule has 3 nitrogen and oxygen atoms in total. The van der Waals surface area contributed by atoms with Crippen molar-refractivity contribution in [3.63, 3.8) is 0 Å². The smallest absolute Gasteiger partial charge is 0.153 e. The molecule has 3 heteroatoms. The maximum Gasteiger partial charge on any atom is 0.153 e. The van der Waals surface area contributed by atoms with Crippen LogP contribution in [0.4, 0.5) is 0 Å². The van der Waals surface area contributed by atoms with E-state index >= 15 is 0 Å². The summed E-state index contributed by atoms with van der Waals surface area (Å²) in [6, 6.07) is 1.78. The van der Waals surface area contributed by atoms with E-state index in [1.165, 1.54) is 0 Å². The number of methoxy groups -OCH3 is 1. The van der Waals surface area contributed by atoms with E-state index in [0.29, 0.717) is 6.61 Å². The molecule has 0 aromatic carbocycles. The van der Waals surface area contributed by atoms with Crippen molar-refractivity contribution in [1.29, 1.82) is 0 Å². The zero-order chi connectivity index (χ0) is 8.53. The van der Waals surface area contributed by atoms with Gasteiger partial charge in [-0.15, -0.1) is 0 Å². The Bertz CT molecular complexity index is 165. The van der Waals surface area contributed by atoms with Crippen molar-refractivity contribution < 1.29 is 4.74 Å². The summed E-state index contributed by atoms with van der Waals surface area (Å²) in [7, 11) is 1.62. The van der Waals surface area contributed by atoms with E-state index in [1.54, 1.807) is 25.6 Å². The first-order valence-corrected chi connectivity index (χ1v) is 3.68. The highest BCUT2D eigenvalue weighted by Crippen LogP contribution is 1.87. The van der Waals surface area contributed by atoms with Gasteiger partial charge in [0.1, 0.15) is 6.61 Å². The molecule has 0 N–H and O–H groups in total. The van der Waals surface area contributed by atoms with Gasteiger partial charge in [-0.25, -0.2) is 9.97 Å². The molecule has 0 spiro atoms. The van der Waals surface area contributed by atoms with Gasteiger partial charge in [-0.2, -0.15) is 0 Å². The predicted molar refractivity (Wildman–Crippen MR) is 44.1 cm³/mol. The van der Waals surface area contributed by atoms with Crippen LogP contribution < -0.4 is 0 Å². The second-order valence-corrected chi connectivity index (χ2v) is 1.60. The van der Waals surface area contributed by atoms with Crippen LogP contribution in [0, 0.1) is 0 Å². The van der Waals surface area contributed by atoms with Gasteiger partial charge in [0.05, 0.1) is 0 Å². The molecule has 1 heterocycles. The van der Waals surface area contributed by atoms with Gasteiger partial charge in [-0.1, -0.05) is 13.8 Å². The Balaban J connectivity index is 0.000000461. The molecule has 0 atom stereocenters. The molecular weight excluding hydrogens is 140 g/mol. The quantitative estimate of drug-likeness (QED) is 0.649. The molecule has 0 aliphatic carbocycles. The van der Waals surface area contributed by atoms with Gasteiger partial charge in [-0.05, 0) is 6.07 Å². The van der Waals surface area contributed by atoms with E-state index in [-0.39, 0.29) is 0 Å². The molecule has 0 radical (unpaired) electrons. The molecule has 1 aromatic rings. The van der Waals surface area contributed by atoms with E-state index in [0.717, 1.165) is 5.82 Å². The zero-order valence-electron chi connectivity index (χ0n) is 7.24. The molecule has 0 aliphatic heterocycles. The summed E-state index contributed by atoms with van der Waals surface area (Å²) in [5.74, 6) is 0.722. The maximum absolute atomic E-state index is 4.80. The SMILES string of the molecule is CC.COCc1ncccn1. The van der Waals surface area contributed by atoms with E-state index in [4.69, 9.17) is 4.74 Å². The maximum atomic E-state index is 4.80. The summed E-state index contributed by atoms with van der Waals surface area (Å²) in [4.78, 5) is 7.86. The number of aromatic nitrogens is 2. The molecule has 0 fully saturated rings. The minimum absolute atomic E-state index is 0.487. The van der Waals surface area contributed by atoms with Crippen molar-refractivity contribution in [2.75, 3.05) is 7.11 Å². The third-order valence-electron chi connectivity index (χ3n) is 0.893. The van der Waals surface area contributed by atoms with Gasteiger partial charge in [0.25, 0.3) is 0 Å². The first-order valence-electron chi connectivity index (χ1n) is 3.68. The first-order chi connectivity index (χ1) is 5.43. The molecule has 11 heavy (non-hydrogen) atoms. The summed E-state index contributed by atoms with van der Waals surface area (Å²) in [5, 5.41) is 0. The van der Waals surface area contributed by atoms with Crippen LogP contribution >= 0.6 is 0 Å². The largest absolute Gasteiger partial charge is 0.377 e. The number of nitrogens with zero attached hydrogens (tertiary/aromatic N) is 2. The van der Waals surface area contributed by atoms with Crippen LogP contribution in [-0.2, 0) is 11.3 Å². The van der Waals surface area contributed by atoms with E-state index in [9.17, 15) is 0 Å². The number of hydrogen-bond acceptors (Lipinski definition) is 3. The fourth-order valence-corrected chi connectivity index (χ4v) is 0.534. The Morgan fingerprint density at radius 1 is 1.27 bits per heavy atom. The van der Waals surface area contributed by atoms with Crippen molar-refractivity contribution in [3.05, 3.63) is 24.3 Å². The average Bonchev–Trinajstić information content (AvgIpc) is 2.11.